The van der Waals surface area contributed by atoms with E-state index in [9.17, 15) is 4.79 Å². The highest BCUT2D eigenvalue weighted by molar-refractivity contribution is 7.99. The Morgan fingerprint density at radius 1 is 1.61 bits per heavy atom. The fourth-order valence-electron chi connectivity index (χ4n) is 1.45. The van der Waals surface area contributed by atoms with E-state index in [-0.39, 0.29) is 5.75 Å². The minimum absolute atomic E-state index is 0.0521. The van der Waals surface area contributed by atoms with Gasteiger partial charge in [-0.3, -0.25) is 4.79 Å². The lowest BCUT2D eigenvalue weighted by Gasteiger charge is -2.21. The average Bonchev–Trinajstić information content (AvgIpc) is 2.63. The van der Waals surface area contributed by atoms with Crippen LogP contribution in [-0.2, 0) is 11.3 Å². The molecule has 0 aromatic carbocycles. The number of aromatic nitrogens is 2. The van der Waals surface area contributed by atoms with Gasteiger partial charge in [-0.1, -0.05) is 11.8 Å². The Kier molecular flexibility index (Phi) is 5.68. The van der Waals surface area contributed by atoms with Crippen molar-refractivity contribution in [1.29, 1.82) is 0 Å². The fraction of sp³-hybridized carbons (Fsp3) is 0.667. The highest BCUT2D eigenvalue weighted by atomic mass is 32.2. The number of thioether (sulfide) groups is 1. The van der Waals surface area contributed by atoms with Gasteiger partial charge in [0.2, 0.25) is 0 Å². The number of aryl methyl sites for hydroxylation is 1. The van der Waals surface area contributed by atoms with Crippen LogP contribution >= 0.6 is 11.8 Å². The van der Waals surface area contributed by atoms with E-state index in [1.54, 1.807) is 0 Å². The predicted octanol–water partition coefficient (Wildman–Crippen LogP) is 1.71. The van der Waals surface area contributed by atoms with Crippen LogP contribution < -0.4 is 0 Å². The molecular formula is C12H21N3O2S. The number of likely N-dealkylation sites (N-methyl/N-ethyl adjacent to an activating group) is 1. The Labute approximate surface area is 112 Å². The molecule has 5 nitrogen and oxygen atoms in total. The monoisotopic (exact) mass is 271 g/mol. The van der Waals surface area contributed by atoms with Crippen molar-refractivity contribution in [2.75, 3.05) is 19.3 Å². The number of aliphatic carboxylic acids is 1. The third kappa shape index (κ3) is 4.70. The Hall–Kier alpha value is -1.01. The third-order valence-corrected chi connectivity index (χ3v) is 3.74. The Bertz CT molecular complexity index is 404. The predicted molar refractivity (Wildman–Crippen MR) is 73.1 cm³/mol. The number of carboxylic acid groups (broad SMARTS) is 1. The highest BCUT2D eigenvalue weighted by Crippen LogP contribution is 2.17. The summed E-state index contributed by atoms with van der Waals surface area (Å²) in [6.45, 7) is 7.98. The second kappa shape index (κ2) is 6.80. The second-order valence-corrected chi connectivity index (χ2v) is 5.56. The van der Waals surface area contributed by atoms with Gasteiger partial charge in [0.25, 0.3) is 0 Å². The number of carbonyl (C=O) groups is 1. The van der Waals surface area contributed by atoms with E-state index >= 15 is 0 Å². The van der Waals surface area contributed by atoms with Gasteiger partial charge in [0.15, 0.2) is 5.16 Å². The van der Waals surface area contributed by atoms with Gasteiger partial charge in [0.1, 0.15) is 0 Å². The SMILES string of the molecule is Cc1cn(CCN(C)C(C)C)c(SCC(=O)O)n1. The van der Waals surface area contributed by atoms with E-state index in [2.05, 4.69) is 30.8 Å². The van der Waals surface area contributed by atoms with Gasteiger partial charge in [0.05, 0.1) is 11.4 Å². The summed E-state index contributed by atoms with van der Waals surface area (Å²) in [5, 5.41) is 9.48. The molecule has 0 aliphatic carbocycles. The van der Waals surface area contributed by atoms with Crippen LogP contribution in [0.1, 0.15) is 19.5 Å². The molecular weight excluding hydrogens is 250 g/mol. The molecule has 0 unspecified atom stereocenters. The smallest absolute Gasteiger partial charge is 0.313 e. The minimum Gasteiger partial charge on any atom is -0.481 e. The fourth-order valence-corrected chi connectivity index (χ4v) is 2.22. The first-order valence-electron chi connectivity index (χ1n) is 5.98. The molecule has 0 bridgehead atoms. The maximum atomic E-state index is 10.6. The largest absolute Gasteiger partial charge is 0.481 e. The molecule has 0 saturated carbocycles. The van der Waals surface area contributed by atoms with E-state index in [0.29, 0.717) is 6.04 Å². The van der Waals surface area contributed by atoms with Gasteiger partial charge >= 0.3 is 5.97 Å². The van der Waals surface area contributed by atoms with Crippen LogP contribution in [0.4, 0.5) is 0 Å². The first-order valence-corrected chi connectivity index (χ1v) is 6.97. The van der Waals surface area contributed by atoms with E-state index in [1.807, 2.05) is 17.7 Å². The number of carboxylic acids is 1. The van der Waals surface area contributed by atoms with Gasteiger partial charge in [0, 0.05) is 25.3 Å². The molecule has 1 heterocycles. The summed E-state index contributed by atoms with van der Waals surface area (Å²) >= 11 is 1.27. The molecule has 0 atom stereocenters. The van der Waals surface area contributed by atoms with E-state index < -0.39 is 5.97 Å². The van der Waals surface area contributed by atoms with Gasteiger partial charge in [-0.2, -0.15) is 0 Å². The summed E-state index contributed by atoms with van der Waals surface area (Å²) in [4.78, 5) is 17.2. The Balaban J connectivity index is 2.61. The molecule has 1 aromatic heterocycles. The lowest BCUT2D eigenvalue weighted by Crippen LogP contribution is -2.29. The van der Waals surface area contributed by atoms with Gasteiger partial charge in [-0.15, -0.1) is 0 Å². The third-order valence-electron chi connectivity index (χ3n) is 2.76. The van der Waals surface area contributed by atoms with Gasteiger partial charge in [-0.05, 0) is 27.8 Å². The normalized spacial score (nSPS) is 11.4. The van der Waals surface area contributed by atoms with E-state index in [1.165, 1.54) is 11.8 Å². The summed E-state index contributed by atoms with van der Waals surface area (Å²) in [6.07, 6.45) is 1.97. The van der Waals surface area contributed by atoms with Crippen LogP contribution in [0, 0.1) is 6.92 Å². The zero-order valence-corrected chi connectivity index (χ0v) is 12.2. The number of rotatable bonds is 7. The van der Waals surface area contributed by atoms with Crippen molar-refractivity contribution in [1.82, 2.24) is 14.5 Å². The molecule has 0 amide bonds. The van der Waals surface area contributed by atoms with E-state index in [4.69, 9.17) is 5.11 Å². The Morgan fingerprint density at radius 2 is 2.28 bits per heavy atom. The summed E-state index contributed by atoms with van der Waals surface area (Å²) in [6, 6.07) is 0.504. The van der Waals surface area contributed by atoms with Crippen molar-refractivity contribution in [2.24, 2.45) is 0 Å². The lowest BCUT2D eigenvalue weighted by molar-refractivity contribution is -0.133. The van der Waals surface area contributed by atoms with Crippen LogP contribution in [0.15, 0.2) is 11.4 Å². The molecule has 1 N–H and O–H groups in total. The molecule has 0 spiro atoms. The summed E-state index contributed by atoms with van der Waals surface area (Å²) in [5.74, 6) is -0.761. The minimum atomic E-state index is -0.813. The number of imidazole rings is 1. The molecule has 1 aromatic rings. The number of nitrogens with zero attached hydrogens (tertiary/aromatic N) is 3. The van der Waals surface area contributed by atoms with Crippen molar-refractivity contribution in [3.8, 4) is 0 Å². The van der Waals surface area contributed by atoms with Crippen molar-refractivity contribution in [3.05, 3.63) is 11.9 Å². The second-order valence-electron chi connectivity index (χ2n) is 4.62. The first-order chi connectivity index (χ1) is 8.40. The molecule has 0 fully saturated rings. The van der Waals surface area contributed by atoms with Crippen LogP contribution in [0.3, 0.4) is 0 Å². The zero-order chi connectivity index (χ0) is 13.7. The highest BCUT2D eigenvalue weighted by Gasteiger charge is 2.10. The molecule has 18 heavy (non-hydrogen) atoms. The van der Waals surface area contributed by atoms with Crippen LogP contribution in [0.2, 0.25) is 0 Å². The van der Waals surface area contributed by atoms with Gasteiger partial charge < -0.3 is 14.6 Å². The quantitative estimate of drug-likeness (QED) is 0.765. The zero-order valence-electron chi connectivity index (χ0n) is 11.4. The Morgan fingerprint density at radius 3 is 2.83 bits per heavy atom. The first kappa shape index (κ1) is 15.0. The topological polar surface area (TPSA) is 58.4 Å². The standard InChI is InChI=1S/C12H21N3O2S/c1-9(2)14(4)5-6-15-7-10(3)13-12(15)18-8-11(16)17/h7,9H,5-6,8H2,1-4H3,(H,16,17). The van der Waals surface area contributed by atoms with Crippen molar-refractivity contribution in [2.45, 2.75) is 38.5 Å². The molecule has 6 heteroatoms. The van der Waals surface area contributed by atoms with E-state index in [0.717, 1.165) is 23.9 Å². The maximum absolute atomic E-state index is 10.6. The molecule has 0 saturated heterocycles. The lowest BCUT2D eigenvalue weighted by atomic mass is 10.3. The van der Waals surface area contributed by atoms with Crippen LogP contribution in [0.5, 0.6) is 0 Å². The maximum Gasteiger partial charge on any atom is 0.313 e. The molecule has 0 aliphatic rings. The van der Waals surface area contributed by atoms with Gasteiger partial charge in [-0.25, -0.2) is 4.98 Å². The molecule has 102 valence electrons. The number of hydrogen-bond donors (Lipinski definition) is 1. The number of hydrogen-bond acceptors (Lipinski definition) is 4. The average molecular weight is 271 g/mol. The molecule has 0 radical (unpaired) electrons. The summed E-state index contributed by atoms with van der Waals surface area (Å²) < 4.78 is 2.03. The van der Waals surface area contributed by atoms with Crippen molar-refractivity contribution in [3.63, 3.8) is 0 Å². The van der Waals surface area contributed by atoms with Crippen LogP contribution in [0.25, 0.3) is 0 Å². The molecule has 0 aliphatic heterocycles. The van der Waals surface area contributed by atoms with Crippen molar-refractivity contribution >= 4 is 17.7 Å². The van der Waals surface area contributed by atoms with Crippen molar-refractivity contribution < 1.29 is 9.90 Å². The van der Waals surface area contributed by atoms with Crippen LogP contribution in [-0.4, -0.2) is 50.9 Å². The molecule has 1 rings (SSSR count). The summed E-state index contributed by atoms with van der Waals surface area (Å²) in [7, 11) is 2.08. The summed E-state index contributed by atoms with van der Waals surface area (Å²) in [5.41, 5.74) is 0.926.